The van der Waals surface area contributed by atoms with E-state index in [0.717, 1.165) is 0 Å². The number of carbonyl (C=O) groups excluding carboxylic acids is 2. The van der Waals surface area contributed by atoms with Crippen molar-refractivity contribution in [3.8, 4) is 0 Å². The number of rotatable bonds is 8. The van der Waals surface area contributed by atoms with Crippen molar-refractivity contribution in [2.45, 2.75) is 33.6 Å². The Balaban J connectivity index is 2.63. The lowest BCUT2D eigenvalue weighted by Gasteiger charge is -2.19. The summed E-state index contributed by atoms with van der Waals surface area (Å²) in [6.45, 7) is 9.91. The third-order valence-corrected chi connectivity index (χ3v) is 3.45. The molecule has 1 rings (SSSR count). The van der Waals surface area contributed by atoms with Crippen molar-refractivity contribution in [2.24, 2.45) is 0 Å². The molecule has 0 aromatic heterocycles. The van der Waals surface area contributed by atoms with Crippen LogP contribution in [-0.2, 0) is 4.79 Å². The number of Topliss-reactive ketones (excluding diaryl/α,β-unsaturated/α-hetero) is 1. The molecule has 1 amide bonds. The van der Waals surface area contributed by atoms with Gasteiger partial charge < -0.3 is 5.32 Å². The zero-order chi connectivity index (χ0) is 15.8. The monoisotopic (exact) mass is 290 g/mol. The predicted molar refractivity (Wildman–Crippen MR) is 85.7 cm³/mol. The van der Waals surface area contributed by atoms with Crippen LogP contribution >= 0.6 is 0 Å². The van der Waals surface area contributed by atoms with E-state index in [9.17, 15) is 9.59 Å². The zero-order valence-corrected chi connectivity index (χ0v) is 13.5. The Kier molecular flexibility index (Phi) is 7.09. The van der Waals surface area contributed by atoms with Gasteiger partial charge >= 0.3 is 0 Å². The van der Waals surface area contributed by atoms with Crippen LogP contribution in [0.25, 0.3) is 0 Å². The molecule has 0 aliphatic rings. The summed E-state index contributed by atoms with van der Waals surface area (Å²) < 4.78 is 0. The summed E-state index contributed by atoms with van der Waals surface area (Å²) in [5.74, 6) is 0.470. The van der Waals surface area contributed by atoms with Crippen molar-refractivity contribution >= 4 is 11.7 Å². The summed E-state index contributed by atoms with van der Waals surface area (Å²) in [6.07, 6.45) is 0. The maximum Gasteiger partial charge on any atom is 0.234 e. The van der Waals surface area contributed by atoms with Crippen molar-refractivity contribution in [3.63, 3.8) is 0 Å². The van der Waals surface area contributed by atoms with E-state index in [2.05, 4.69) is 19.2 Å². The minimum atomic E-state index is -0.0395. The summed E-state index contributed by atoms with van der Waals surface area (Å²) in [4.78, 5) is 25.7. The molecule has 4 nitrogen and oxygen atoms in total. The first-order chi connectivity index (χ1) is 9.97. The highest BCUT2D eigenvalue weighted by Gasteiger charge is 2.14. The number of hydrogen-bond donors (Lipinski definition) is 1. The lowest BCUT2D eigenvalue weighted by molar-refractivity contribution is -0.121. The van der Waals surface area contributed by atoms with Gasteiger partial charge in [0, 0.05) is 12.1 Å². The number of ketones is 1. The van der Waals surface area contributed by atoms with Crippen molar-refractivity contribution in [1.29, 1.82) is 0 Å². The highest BCUT2D eigenvalue weighted by molar-refractivity contribution is 5.97. The third-order valence-electron chi connectivity index (χ3n) is 3.45. The molecule has 1 aromatic rings. The Hall–Kier alpha value is -1.68. The van der Waals surface area contributed by atoms with Crippen LogP contribution in [0.1, 0.15) is 49.5 Å². The maximum absolute atomic E-state index is 12.3. The SMILES string of the molecule is CCNC(=O)CN(CC)CC(=O)c1ccc(C(C)C)cc1. The Morgan fingerprint density at radius 1 is 1.10 bits per heavy atom. The van der Waals surface area contributed by atoms with Crippen molar-refractivity contribution < 1.29 is 9.59 Å². The van der Waals surface area contributed by atoms with Crippen LogP contribution in [0.3, 0.4) is 0 Å². The van der Waals surface area contributed by atoms with Gasteiger partial charge in [0.25, 0.3) is 0 Å². The van der Waals surface area contributed by atoms with E-state index in [-0.39, 0.29) is 24.8 Å². The number of hydrogen-bond acceptors (Lipinski definition) is 3. The Morgan fingerprint density at radius 2 is 1.71 bits per heavy atom. The van der Waals surface area contributed by atoms with E-state index in [4.69, 9.17) is 0 Å². The second-order valence-corrected chi connectivity index (χ2v) is 5.46. The van der Waals surface area contributed by atoms with E-state index >= 15 is 0 Å². The number of carbonyl (C=O) groups is 2. The second-order valence-electron chi connectivity index (χ2n) is 5.46. The highest BCUT2D eigenvalue weighted by atomic mass is 16.2. The molecule has 0 aliphatic carbocycles. The Morgan fingerprint density at radius 3 is 2.19 bits per heavy atom. The largest absolute Gasteiger partial charge is 0.355 e. The fraction of sp³-hybridized carbons (Fsp3) is 0.529. The molecular weight excluding hydrogens is 264 g/mol. The normalized spacial score (nSPS) is 11.0. The van der Waals surface area contributed by atoms with Crippen molar-refractivity contribution in [3.05, 3.63) is 35.4 Å². The van der Waals surface area contributed by atoms with Gasteiger partial charge in [-0.2, -0.15) is 0 Å². The first-order valence-corrected chi connectivity index (χ1v) is 7.60. The van der Waals surface area contributed by atoms with Crippen molar-refractivity contribution in [2.75, 3.05) is 26.2 Å². The molecule has 0 atom stereocenters. The zero-order valence-electron chi connectivity index (χ0n) is 13.5. The van der Waals surface area contributed by atoms with Crippen LogP contribution in [0.2, 0.25) is 0 Å². The summed E-state index contributed by atoms with van der Waals surface area (Å²) in [7, 11) is 0. The molecule has 0 unspecified atom stereocenters. The van der Waals surface area contributed by atoms with Gasteiger partial charge in [0.2, 0.25) is 5.91 Å². The summed E-state index contributed by atoms with van der Waals surface area (Å²) in [6, 6.07) is 7.74. The standard InChI is InChI=1S/C17H26N2O2/c1-5-18-17(21)12-19(6-2)11-16(20)15-9-7-14(8-10-15)13(3)4/h7-10,13H,5-6,11-12H2,1-4H3,(H,18,21). The van der Waals surface area contributed by atoms with Gasteiger partial charge in [0.15, 0.2) is 5.78 Å². The van der Waals surface area contributed by atoms with Gasteiger partial charge in [-0.05, 0) is 24.9 Å². The number of nitrogens with zero attached hydrogens (tertiary/aromatic N) is 1. The average molecular weight is 290 g/mol. The minimum Gasteiger partial charge on any atom is -0.355 e. The fourth-order valence-electron chi connectivity index (χ4n) is 2.08. The Bertz CT molecular complexity index is 466. The van der Waals surface area contributed by atoms with E-state index in [1.165, 1.54) is 5.56 Å². The van der Waals surface area contributed by atoms with Crippen LogP contribution in [0, 0.1) is 0 Å². The molecule has 0 radical (unpaired) electrons. The van der Waals surface area contributed by atoms with Crippen molar-refractivity contribution in [1.82, 2.24) is 10.2 Å². The predicted octanol–water partition coefficient (Wildman–Crippen LogP) is 2.45. The maximum atomic E-state index is 12.3. The molecule has 4 heteroatoms. The molecule has 0 saturated carbocycles. The highest BCUT2D eigenvalue weighted by Crippen LogP contribution is 2.15. The van der Waals surface area contributed by atoms with Gasteiger partial charge in [0.1, 0.15) is 0 Å². The summed E-state index contributed by atoms with van der Waals surface area (Å²) >= 11 is 0. The molecule has 21 heavy (non-hydrogen) atoms. The molecule has 0 bridgehead atoms. The molecule has 0 aliphatic heterocycles. The van der Waals surface area contributed by atoms with Gasteiger partial charge in [0.05, 0.1) is 13.1 Å². The third kappa shape index (κ3) is 5.68. The second kappa shape index (κ2) is 8.57. The van der Waals surface area contributed by atoms with Crippen LogP contribution in [0.5, 0.6) is 0 Å². The minimum absolute atomic E-state index is 0.0395. The lowest BCUT2D eigenvalue weighted by atomic mass is 10.0. The van der Waals surface area contributed by atoms with E-state index in [1.807, 2.05) is 43.0 Å². The summed E-state index contributed by atoms with van der Waals surface area (Å²) in [5, 5.41) is 2.75. The van der Waals surface area contributed by atoms with E-state index in [1.54, 1.807) is 0 Å². The molecule has 0 heterocycles. The van der Waals surface area contributed by atoms with E-state index < -0.39 is 0 Å². The molecular formula is C17H26N2O2. The number of nitrogens with one attached hydrogen (secondary N) is 1. The van der Waals surface area contributed by atoms with Crippen LogP contribution in [0.15, 0.2) is 24.3 Å². The number of likely N-dealkylation sites (N-methyl/N-ethyl adjacent to an activating group) is 2. The van der Waals surface area contributed by atoms with Crippen LogP contribution < -0.4 is 5.32 Å². The van der Waals surface area contributed by atoms with Gasteiger partial charge in [-0.15, -0.1) is 0 Å². The molecule has 0 fully saturated rings. The van der Waals surface area contributed by atoms with Gasteiger partial charge in [-0.1, -0.05) is 45.0 Å². The summed E-state index contributed by atoms with van der Waals surface area (Å²) in [5.41, 5.74) is 1.93. The number of benzene rings is 1. The Labute approximate surface area is 127 Å². The van der Waals surface area contributed by atoms with Gasteiger partial charge in [-0.25, -0.2) is 0 Å². The quantitative estimate of drug-likeness (QED) is 0.748. The van der Waals surface area contributed by atoms with Gasteiger partial charge in [-0.3, -0.25) is 14.5 Å². The number of amides is 1. The van der Waals surface area contributed by atoms with E-state index in [0.29, 0.717) is 24.6 Å². The molecule has 0 saturated heterocycles. The molecule has 1 N–H and O–H groups in total. The lowest BCUT2D eigenvalue weighted by Crippen LogP contribution is -2.39. The smallest absolute Gasteiger partial charge is 0.234 e. The molecule has 116 valence electrons. The fourth-order valence-corrected chi connectivity index (χ4v) is 2.08. The first-order valence-electron chi connectivity index (χ1n) is 7.60. The average Bonchev–Trinajstić information content (AvgIpc) is 2.46. The molecule has 0 spiro atoms. The topological polar surface area (TPSA) is 49.4 Å². The first kappa shape index (κ1) is 17.4. The molecule has 1 aromatic carbocycles. The van der Waals surface area contributed by atoms with Crippen LogP contribution in [-0.4, -0.2) is 42.8 Å². The van der Waals surface area contributed by atoms with Crippen LogP contribution in [0.4, 0.5) is 0 Å².